The molecule has 0 bridgehead atoms. The van der Waals surface area contributed by atoms with Crippen molar-refractivity contribution in [3.63, 3.8) is 0 Å². The maximum atomic E-state index is 4.16. The molecule has 0 fully saturated rings. The average Bonchev–Trinajstić information content (AvgIpc) is 3.12. The Bertz CT molecular complexity index is 548. The number of rotatable bonds is 12. The zero-order valence-electron chi connectivity index (χ0n) is 14.8. The number of benzene rings is 1. The molecule has 0 aliphatic carbocycles. The number of hydrogen-bond acceptors (Lipinski definition) is 2. The van der Waals surface area contributed by atoms with Crippen LogP contribution in [0, 0.1) is 0 Å². The smallest absolute Gasteiger partial charge is 0.0946 e. The Hall–Kier alpha value is -1.48. The van der Waals surface area contributed by atoms with Gasteiger partial charge in [-0.2, -0.15) is 11.8 Å². The Labute approximate surface area is 151 Å². The Balaban J connectivity index is 1.78. The predicted molar refractivity (Wildman–Crippen MR) is 107 cm³/mol. The molecule has 0 radical (unpaired) electrons. The molecule has 1 unspecified atom stereocenters. The van der Waals surface area contributed by atoms with E-state index >= 15 is 0 Å². The molecule has 2 aromatic rings. The minimum atomic E-state index is 0.495. The molecule has 0 amide bonds. The van der Waals surface area contributed by atoms with Crippen LogP contribution < -0.4 is 0 Å². The highest BCUT2D eigenvalue weighted by Gasteiger charge is 2.06. The van der Waals surface area contributed by atoms with E-state index in [0.29, 0.717) is 5.25 Å². The van der Waals surface area contributed by atoms with Crippen LogP contribution in [0.1, 0.15) is 51.0 Å². The molecule has 3 heteroatoms. The third-order valence-electron chi connectivity index (χ3n) is 4.08. The summed E-state index contributed by atoms with van der Waals surface area (Å²) in [6.45, 7) is 3.26. The fraction of sp³-hybridized carbons (Fsp3) is 0.476. The van der Waals surface area contributed by atoms with Gasteiger partial charge in [-0.15, -0.1) is 0 Å². The van der Waals surface area contributed by atoms with Crippen molar-refractivity contribution in [1.29, 1.82) is 0 Å². The number of thioether (sulfide) groups is 1. The number of aromatic nitrogens is 2. The van der Waals surface area contributed by atoms with Gasteiger partial charge >= 0.3 is 0 Å². The molecule has 0 aliphatic heterocycles. The van der Waals surface area contributed by atoms with Gasteiger partial charge in [-0.1, -0.05) is 81.5 Å². The van der Waals surface area contributed by atoms with Crippen LogP contribution in [0.2, 0.25) is 0 Å². The van der Waals surface area contributed by atoms with E-state index in [2.05, 4.69) is 76.9 Å². The van der Waals surface area contributed by atoms with E-state index in [0.717, 1.165) is 6.54 Å². The van der Waals surface area contributed by atoms with Gasteiger partial charge in [0.15, 0.2) is 0 Å². The summed E-state index contributed by atoms with van der Waals surface area (Å²) < 4.78 is 2.17. The first-order valence-corrected chi connectivity index (χ1v) is 10.2. The SMILES string of the molecule is CCCCCCCCSC(/C=C/c1ccccc1)Cn1ccnc1. The van der Waals surface area contributed by atoms with Crippen LogP contribution in [0.4, 0.5) is 0 Å². The van der Waals surface area contributed by atoms with Gasteiger partial charge in [-0.05, 0) is 17.7 Å². The largest absolute Gasteiger partial charge is 0.336 e. The standard InChI is InChI=1S/C21H30N2S/c1-2-3-4-5-6-10-17-24-21(18-23-16-15-22-19-23)14-13-20-11-8-7-9-12-20/h7-9,11-16,19,21H,2-6,10,17-18H2,1H3/b14-13+. The fourth-order valence-electron chi connectivity index (χ4n) is 2.67. The summed E-state index contributed by atoms with van der Waals surface area (Å²) in [5.74, 6) is 1.24. The highest BCUT2D eigenvalue weighted by atomic mass is 32.2. The molecule has 1 aromatic heterocycles. The number of hydrogen-bond donors (Lipinski definition) is 0. The molecular formula is C21H30N2S. The Morgan fingerprint density at radius 1 is 1.08 bits per heavy atom. The molecule has 24 heavy (non-hydrogen) atoms. The summed E-state index contributed by atoms with van der Waals surface area (Å²) in [6, 6.07) is 10.6. The number of unbranched alkanes of at least 4 members (excludes halogenated alkanes) is 5. The van der Waals surface area contributed by atoms with Gasteiger partial charge in [0.25, 0.3) is 0 Å². The minimum absolute atomic E-state index is 0.495. The van der Waals surface area contributed by atoms with Crippen molar-refractivity contribution in [2.24, 2.45) is 0 Å². The van der Waals surface area contributed by atoms with E-state index in [-0.39, 0.29) is 0 Å². The number of imidazole rings is 1. The summed E-state index contributed by atoms with van der Waals surface area (Å²) in [5, 5.41) is 0.495. The van der Waals surface area contributed by atoms with E-state index in [1.807, 2.05) is 12.5 Å². The quantitative estimate of drug-likeness (QED) is 0.436. The summed E-state index contributed by atoms with van der Waals surface area (Å²) in [5.41, 5.74) is 1.27. The molecule has 0 N–H and O–H groups in total. The van der Waals surface area contributed by atoms with E-state index in [1.54, 1.807) is 0 Å². The van der Waals surface area contributed by atoms with E-state index in [9.17, 15) is 0 Å². The van der Waals surface area contributed by atoms with Crippen LogP contribution in [0.5, 0.6) is 0 Å². The molecule has 1 aromatic carbocycles. The minimum Gasteiger partial charge on any atom is -0.336 e. The van der Waals surface area contributed by atoms with Gasteiger partial charge in [0.05, 0.1) is 6.33 Å². The molecule has 2 nitrogen and oxygen atoms in total. The van der Waals surface area contributed by atoms with Crippen LogP contribution in [0.25, 0.3) is 6.08 Å². The van der Waals surface area contributed by atoms with Crippen LogP contribution >= 0.6 is 11.8 Å². The van der Waals surface area contributed by atoms with Crippen molar-refractivity contribution in [3.05, 3.63) is 60.7 Å². The van der Waals surface area contributed by atoms with Gasteiger partial charge in [-0.25, -0.2) is 4.98 Å². The van der Waals surface area contributed by atoms with E-state index in [4.69, 9.17) is 0 Å². The molecule has 0 saturated carbocycles. The summed E-state index contributed by atoms with van der Waals surface area (Å²) in [6.07, 6.45) is 18.6. The summed E-state index contributed by atoms with van der Waals surface area (Å²) in [4.78, 5) is 4.16. The zero-order valence-corrected chi connectivity index (χ0v) is 15.6. The van der Waals surface area contributed by atoms with Gasteiger partial charge in [0, 0.05) is 24.2 Å². The van der Waals surface area contributed by atoms with Crippen molar-refractivity contribution in [1.82, 2.24) is 9.55 Å². The second kappa shape index (κ2) is 12.0. The molecule has 0 saturated heterocycles. The lowest BCUT2D eigenvalue weighted by Crippen LogP contribution is -2.10. The lowest BCUT2D eigenvalue weighted by Gasteiger charge is -2.13. The second-order valence-electron chi connectivity index (χ2n) is 6.21. The van der Waals surface area contributed by atoms with Crippen LogP contribution in [-0.2, 0) is 6.54 Å². The van der Waals surface area contributed by atoms with Crippen molar-refractivity contribution in [2.75, 3.05) is 5.75 Å². The third kappa shape index (κ3) is 7.87. The normalized spacial score (nSPS) is 12.7. The maximum absolute atomic E-state index is 4.16. The first-order valence-electron chi connectivity index (χ1n) is 9.19. The molecule has 1 heterocycles. The van der Waals surface area contributed by atoms with Crippen molar-refractivity contribution in [3.8, 4) is 0 Å². The highest BCUT2D eigenvalue weighted by molar-refractivity contribution is 8.00. The zero-order chi connectivity index (χ0) is 16.9. The van der Waals surface area contributed by atoms with E-state index in [1.165, 1.54) is 49.8 Å². The third-order valence-corrected chi connectivity index (χ3v) is 5.34. The van der Waals surface area contributed by atoms with Gasteiger partial charge in [0.2, 0.25) is 0 Å². The molecular weight excluding hydrogens is 312 g/mol. The van der Waals surface area contributed by atoms with Crippen molar-refractivity contribution < 1.29 is 0 Å². The van der Waals surface area contributed by atoms with E-state index < -0.39 is 0 Å². The van der Waals surface area contributed by atoms with Crippen molar-refractivity contribution >= 4 is 17.8 Å². The lowest BCUT2D eigenvalue weighted by atomic mass is 10.1. The molecule has 1 atom stereocenters. The van der Waals surface area contributed by atoms with Crippen molar-refractivity contribution in [2.45, 2.75) is 57.2 Å². The first kappa shape index (κ1) is 18.9. The summed E-state index contributed by atoms with van der Waals surface area (Å²) in [7, 11) is 0. The maximum Gasteiger partial charge on any atom is 0.0946 e. The van der Waals surface area contributed by atoms with Gasteiger partial charge < -0.3 is 4.57 Å². The fourth-order valence-corrected chi connectivity index (χ4v) is 3.81. The topological polar surface area (TPSA) is 17.8 Å². The lowest BCUT2D eigenvalue weighted by molar-refractivity contribution is 0.626. The van der Waals surface area contributed by atoms with Crippen LogP contribution in [0.3, 0.4) is 0 Å². The molecule has 2 rings (SSSR count). The molecule has 130 valence electrons. The van der Waals surface area contributed by atoms with Crippen LogP contribution in [0.15, 0.2) is 55.1 Å². The Morgan fingerprint density at radius 2 is 1.88 bits per heavy atom. The molecule has 0 aliphatic rings. The predicted octanol–water partition coefficient (Wildman–Crippen LogP) is 6.06. The first-order chi connectivity index (χ1) is 11.9. The Morgan fingerprint density at radius 3 is 2.62 bits per heavy atom. The summed E-state index contributed by atoms with van der Waals surface area (Å²) >= 11 is 2.07. The number of nitrogens with zero attached hydrogens (tertiary/aromatic N) is 2. The average molecular weight is 343 g/mol. The second-order valence-corrected chi connectivity index (χ2v) is 7.55. The monoisotopic (exact) mass is 342 g/mol. The van der Waals surface area contributed by atoms with Crippen LogP contribution in [-0.4, -0.2) is 20.6 Å². The Kier molecular flexibility index (Phi) is 9.40. The van der Waals surface area contributed by atoms with Gasteiger partial charge in [-0.3, -0.25) is 0 Å². The molecule has 0 spiro atoms. The highest BCUT2D eigenvalue weighted by Crippen LogP contribution is 2.19. The van der Waals surface area contributed by atoms with Gasteiger partial charge in [0.1, 0.15) is 0 Å².